The molecule has 6 nitrogen and oxygen atoms in total. The van der Waals surface area contributed by atoms with Crippen LogP contribution in [0.5, 0.6) is 0 Å². The van der Waals surface area contributed by atoms with E-state index >= 15 is 0 Å². The highest BCUT2D eigenvalue weighted by Crippen LogP contribution is 2.32. The van der Waals surface area contributed by atoms with Gasteiger partial charge in [-0.1, -0.05) is 12.1 Å². The lowest BCUT2D eigenvalue weighted by molar-refractivity contribution is -0.116. The van der Waals surface area contributed by atoms with Crippen LogP contribution in [0, 0.1) is 12.7 Å². The quantitative estimate of drug-likeness (QED) is 0.426. The van der Waals surface area contributed by atoms with Gasteiger partial charge in [-0.25, -0.2) is 14.4 Å². The molecular formula is C22H15FN4O2S2. The van der Waals surface area contributed by atoms with Crippen molar-refractivity contribution in [3.8, 4) is 10.6 Å². The first-order chi connectivity index (χ1) is 15.0. The van der Waals surface area contributed by atoms with Crippen LogP contribution in [0.4, 0.5) is 10.1 Å². The fourth-order valence-corrected chi connectivity index (χ4v) is 5.02. The maximum absolute atomic E-state index is 13.7. The molecule has 1 aromatic carbocycles. The van der Waals surface area contributed by atoms with E-state index in [1.165, 1.54) is 28.3 Å². The van der Waals surface area contributed by atoms with E-state index in [4.69, 9.17) is 0 Å². The maximum atomic E-state index is 13.7. The summed E-state index contributed by atoms with van der Waals surface area (Å²) in [5.74, 6) is -0.844. The van der Waals surface area contributed by atoms with Gasteiger partial charge < -0.3 is 5.32 Å². The predicted octanol–water partition coefficient (Wildman–Crippen LogP) is 4.82. The monoisotopic (exact) mass is 450 g/mol. The summed E-state index contributed by atoms with van der Waals surface area (Å²) in [6.45, 7) is 1.42. The van der Waals surface area contributed by atoms with Gasteiger partial charge in [0.1, 0.15) is 21.9 Å². The molecule has 154 valence electrons. The van der Waals surface area contributed by atoms with Crippen molar-refractivity contribution in [3.63, 3.8) is 0 Å². The lowest BCUT2D eigenvalue weighted by Gasteiger charge is -2.08. The number of hydrogen-bond acceptors (Lipinski definition) is 6. The Morgan fingerprint density at radius 3 is 2.87 bits per heavy atom. The van der Waals surface area contributed by atoms with Gasteiger partial charge >= 0.3 is 0 Å². The second kappa shape index (κ2) is 7.68. The number of nitrogens with zero attached hydrogens (tertiary/aromatic N) is 3. The number of amides is 1. The normalized spacial score (nSPS) is 11.3. The van der Waals surface area contributed by atoms with Crippen LogP contribution in [0.1, 0.15) is 5.56 Å². The summed E-state index contributed by atoms with van der Waals surface area (Å²) in [7, 11) is 0. The van der Waals surface area contributed by atoms with Crippen molar-refractivity contribution >= 4 is 54.7 Å². The first-order valence-electron chi connectivity index (χ1n) is 9.38. The van der Waals surface area contributed by atoms with Gasteiger partial charge in [-0.05, 0) is 48.2 Å². The van der Waals surface area contributed by atoms with Gasteiger partial charge in [0, 0.05) is 11.1 Å². The first-order valence-corrected chi connectivity index (χ1v) is 11.1. The molecule has 0 atom stereocenters. The molecule has 0 spiro atoms. The number of pyridine rings is 1. The molecule has 1 N–H and O–H groups in total. The smallest absolute Gasteiger partial charge is 0.271 e. The lowest BCUT2D eigenvalue weighted by atomic mass is 10.2. The predicted molar refractivity (Wildman–Crippen MR) is 122 cm³/mol. The molecule has 5 aromatic rings. The summed E-state index contributed by atoms with van der Waals surface area (Å²) < 4.78 is 15.4. The molecule has 0 radical (unpaired) electrons. The highest BCUT2D eigenvalue weighted by molar-refractivity contribution is 7.25. The summed E-state index contributed by atoms with van der Waals surface area (Å²) >= 11 is 2.86. The zero-order chi connectivity index (χ0) is 21.5. The van der Waals surface area contributed by atoms with Crippen LogP contribution in [0.2, 0.25) is 0 Å². The number of hydrogen-bond donors (Lipinski definition) is 1. The second-order valence-electron chi connectivity index (χ2n) is 7.00. The first kappa shape index (κ1) is 19.5. The minimum absolute atomic E-state index is 0.223. The number of halogens is 1. The van der Waals surface area contributed by atoms with Gasteiger partial charge in [-0.2, -0.15) is 0 Å². The van der Waals surface area contributed by atoms with E-state index in [-0.39, 0.29) is 12.1 Å². The van der Waals surface area contributed by atoms with Gasteiger partial charge in [-0.15, -0.1) is 22.7 Å². The summed E-state index contributed by atoms with van der Waals surface area (Å²) in [6, 6.07) is 12.2. The molecule has 5 rings (SSSR count). The fourth-order valence-electron chi connectivity index (χ4n) is 3.25. The topological polar surface area (TPSA) is 76.9 Å². The third-order valence-corrected chi connectivity index (χ3v) is 6.82. The van der Waals surface area contributed by atoms with Crippen molar-refractivity contribution in [2.45, 2.75) is 13.5 Å². The average molecular weight is 451 g/mol. The second-order valence-corrected chi connectivity index (χ2v) is 8.94. The van der Waals surface area contributed by atoms with Crippen LogP contribution < -0.4 is 10.9 Å². The lowest BCUT2D eigenvalue weighted by Crippen LogP contribution is -2.27. The highest BCUT2D eigenvalue weighted by Gasteiger charge is 2.15. The van der Waals surface area contributed by atoms with Crippen molar-refractivity contribution in [2.24, 2.45) is 0 Å². The Labute approximate surface area is 183 Å². The number of benzene rings is 1. The Hall–Kier alpha value is -3.43. The maximum Gasteiger partial charge on any atom is 0.271 e. The molecule has 0 saturated carbocycles. The van der Waals surface area contributed by atoms with Crippen LogP contribution in [-0.2, 0) is 11.3 Å². The number of aryl methyl sites for hydroxylation is 1. The molecule has 0 bridgehead atoms. The summed E-state index contributed by atoms with van der Waals surface area (Å²) in [6.07, 6.45) is 1.36. The van der Waals surface area contributed by atoms with Crippen molar-refractivity contribution in [1.82, 2.24) is 14.5 Å². The van der Waals surface area contributed by atoms with E-state index in [0.717, 1.165) is 20.8 Å². The van der Waals surface area contributed by atoms with Gasteiger partial charge in [0.15, 0.2) is 0 Å². The minimum Gasteiger partial charge on any atom is -0.324 e. The standard InChI is InChI=1S/C22H15FN4O2S2/c1-12-4-5-13(9-15(12)23)25-18(28)10-27-11-24-19-14-6-7-16(17-3-2-8-30-17)26-21(14)31-20(19)22(27)29/h2-9,11H,10H2,1H3,(H,25,28). The number of nitrogens with one attached hydrogen (secondary N) is 1. The number of thiophene rings is 2. The molecule has 0 fully saturated rings. The molecule has 0 unspecified atom stereocenters. The van der Waals surface area contributed by atoms with Crippen molar-refractivity contribution in [3.05, 3.63) is 75.9 Å². The molecular weight excluding hydrogens is 435 g/mol. The van der Waals surface area contributed by atoms with Gasteiger partial charge in [0.25, 0.3) is 5.56 Å². The molecule has 0 aliphatic carbocycles. The molecule has 0 aliphatic heterocycles. The number of aromatic nitrogens is 3. The number of anilines is 1. The van der Waals surface area contributed by atoms with E-state index in [9.17, 15) is 14.0 Å². The largest absolute Gasteiger partial charge is 0.324 e. The molecule has 0 saturated heterocycles. The third-order valence-electron chi connectivity index (χ3n) is 4.85. The minimum atomic E-state index is -0.439. The number of carbonyl (C=O) groups is 1. The van der Waals surface area contributed by atoms with E-state index in [1.54, 1.807) is 30.4 Å². The summed E-state index contributed by atoms with van der Waals surface area (Å²) in [5, 5.41) is 5.41. The van der Waals surface area contributed by atoms with E-state index < -0.39 is 11.7 Å². The fraction of sp³-hybridized carbons (Fsp3) is 0.0909. The SMILES string of the molecule is Cc1ccc(NC(=O)Cn2cnc3c(sc4nc(-c5cccs5)ccc43)c2=O)cc1F. The molecule has 1 amide bonds. The Balaban J connectivity index is 1.46. The number of carbonyl (C=O) groups excluding carboxylic acids is 1. The van der Waals surface area contributed by atoms with Crippen LogP contribution in [0.15, 0.2) is 59.0 Å². The van der Waals surface area contributed by atoms with Crippen LogP contribution in [0.25, 0.3) is 31.0 Å². The van der Waals surface area contributed by atoms with Crippen LogP contribution in [0.3, 0.4) is 0 Å². The van der Waals surface area contributed by atoms with Crippen molar-refractivity contribution in [2.75, 3.05) is 5.32 Å². The summed E-state index contributed by atoms with van der Waals surface area (Å²) in [5.41, 5.74) is 1.94. The summed E-state index contributed by atoms with van der Waals surface area (Å²) in [4.78, 5) is 36.2. The van der Waals surface area contributed by atoms with E-state index in [0.29, 0.717) is 21.5 Å². The van der Waals surface area contributed by atoms with E-state index in [1.807, 2.05) is 29.6 Å². The number of fused-ring (bicyclic) bond motifs is 3. The molecule has 9 heteroatoms. The highest BCUT2D eigenvalue weighted by atomic mass is 32.1. The average Bonchev–Trinajstić information content (AvgIpc) is 3.41. The third kappa shape index (κ3) is 3.62. The van der Waals surface area contributed by atoms with Gasteiger partial charge in [-0.3, -0.25) is 14.2 Å². The molecule has 4 aromatic heterocycles. The van der Waals surface area contributed by atoms with Crippen LogP contribution >= 0.6 is 22.7 Å². The molecule has 31 heavy (non-hydrogen) atoms. The Kier molecular flexibility index (Phi) is 4.84. The van der Waals surface area contributed by atoms with Gasteiger partial charge in [0.05, 0.1) is 22.4 Å². The Morgan fingerprint density at radius 1 is 1.23 bits per heavy atom. The zero-order valence-corrected chi connectivity index (χ0v) is 17.9. The molecule has 4 heterocycles. The zero-order valence-electron chi connectivity index (χ0n) is 16.3. The van der Waals surface area contributed by atoms with E-state index in [2.05, 4.69) is 15.3 Å². The van der Waals surface area contributed by atoms with Crippen molar-refractivity contribution in [1.29, 1.82) is 0 Å². The van der Waals surface area contributed by atoms with Crippen molar-refractivity contribution < 1.29 is 9.18 Å². The Bertz CT molecular complexity index is 1510. The van der Waals surface area contributed by atoms with Gasteiger partial charge in [0.2, 0.25) is 5.91 Å². The molecule has 0 aliphatic rings. The number of rotatable bonds is 4. The van der Waals surface area contributed by atoms with Crippen LogP contribution in [-0.4, -0.2) is 20.4 Å². The Morgan fingerprint density at radius 2 is 2.10 bits per heavy atom.